The van der Waals surface area contributed by atoms with Crippen molar-refractivity contribution in [2.75, 3.05) is 19.6 Å². The van der Waals surface area contributed by atoms with E-state index in [4.69, 9.17) is 14.6 Å². The number of aromatic amines is 1. The number of H-pyrrole nitrogens is 1. The van der Waals surface area contributed by atoms with E-state index < -0.39 is 12.1 Å². The summed E-state index contributed by atoms with van der Waals surface area (Å²) in [6, 6.07) is 1.85. The second-order valence-electron chi connectivity index (χ2n) is 7.53. The van der Waals surface area contributed by atoms with E-state index in [0.717, 1.165) is 35.8 Å². The fraction of sp³-hybridized carbons (Fsp3) is 0.474. The van der Waals surface area contributed by atoms with Gasteiger partial charge in [-0.2, -0.15) is 13.2 Å². The van der Waals surface area contributed by atoms with E-state index >= 15 is 0 Å². The number of ether oxygens (including phenoxy) is 1. The number of pyridine rings is 1. The molecule has 32 heavy (non-hydrogen) atoms. The molecule has 1 atom stereocenters. The highest BCUT2D eigenvalue weighted by Crippen LogP contribution is 2.41. The van der Waals surface area contributed by atoms with Gasteiger partial charge in [0.05, 0.1) is 17.5 Å². The average molecular weight is 521 g/mol. The number of aromatic nitrogens is 2. The van der Waals surface area contributed by atoms with E-state index in [1.165, 1.54) is 0 Å². The lowest BCUT2D eigenvalue weighted by atomic mass is 9.76. The smallest absolute Gasteiger partial charge is 0.475 e. The van der Waals surface area contributed by atoms with Gasteiger partial charge in [-0.25, -0.2) is 9.78 Å². The van der Waals surface area contributed by atoms with E-state index in [1.807, 2.05) is 6.07 Å². The van der Waals surface area contributed by atoms with Gasteiger partial charge >= 0.3 is 18.1 Å². The first kappa shape index (κ1) is 24.0. The molecule has 1 amide bonds. The number of rotatable bonds is 3. The van der Waals surface area contributed by atoms with Crippen molar-refractivity contribution in [3.05, 3.63) is 28.5 Å². The number of carboxylic acid groups (broad SMARTS) is 1. The highest BCUT2D eigenvalue weighted by molar-refractivity contribution is 9.10. The normalized spacial score (nSPS) is 19.9. The molecule has 4 rings (SSSR count). The quantitative estimate of drug-likeness (QED) is 0.456. The van der Waals surface area contributed by atoms with Crippen LogP contribution in [0.1, 0.15) is 29.6 Å². The van der Waals surface area contributed by atoms with Gasteiger partial charge in [-0.05, 0) is 47.9 Å². The summed E-state index contributed by atoms with van der Waals surface area (Å²) < 4.78 is 38.1. The molecule has 13 heteroatoms. The van der Waals surface area contributed by atoms with E-state index in [9.17, 15) is 22.8 Å². The van der Waals surface area contributed by atoms with Gasteiger partial charge < -0.3 is 25.5 Å². The van der Waals surface area contributed by atoms with E-state index in [1.54, 1.807) is 12.4 Å². The lowest BCUT2D eigenvalue weighted by Gasteiger charge is -2.29. The molecule has 4 N–H and O–H groups in total. The summed E-state index contributed by atoms with van der Waals surface area (Å²) in [4.78, 5) is 40.9. The number of hydrogen-bond donors (Lipinski definition) is 4. The van der Waals surface area contributed by atoms with Crippen molar-refractivity contribution >= 4 is 44.8 Å². The van der Waals surface area contributed by atoms with Crippen LogP contribution in [0.2, 0.25) is 0 Å². The first-order chi connectivity index (χ1) is 15.0. The Morgan fingerprint density at radius 1 is 1.34 bits per heavy atom. The molecule has 0 bridgehead atoms. The Bertz CT molecular complexity index is 1020. The molecular weight excluding hydrogens is 501 g/mol. The van der Waals surface area contributed by atoms with Gasteiger partial charge in [0.2, 0.25) is 0 Å². The zero-order valence-corrected chi connectivity index (χ0v) is 18.2. The van der Waals surface area contributed by atoms with Gasteiger partial charge in [-0.15, -0.1) is 0 Å². The number of hydrogen-bond acceptors (Lipinski definition) is 6. The van der Waals surface area contributed by atoms with Crippen LogP contribution in [0.15, 0.2) is 22.9 Å². The number of cyclic esters (lactones) is 1. The maximum absolute atomic E-state index is 12.5. The molecule has 0 aromatic carbocycles. The molecule has 1 spiro atoms. The van der Waals surface area contributed by atoms with Crippen molar-refractivity contribution in [2.45, 2.75) is 31.5 Å². The van der Waals surface area contributed by atoms with E-state index in [2.05, 4.69) is 36.5 Å². The Kier molecular flexibility index (Phi) is 7.08. The maximum atomic E-state index is 12.5. The minimum Gasteiger partial charge on any atom is -0.475 e. The minimum atomic E-state index is -5.08. The van der Waals surface area contributed by atoms with Crippen LogP contribution in [0, 0.1) is 5.41 Å². The van der Waals surface area contributed by atoms with Gasteiger partial charge in [-0.3, -0.25) is 9.59 Å². The van der Waals surface area contributed by atoms with Gasteiger partial charge in [0.15, 0.2) is 0 Å². The Morgan fingerprint density at radius 2 is 2.00 bits per heavy atom. The second kappa shape index (κ2) is 9.45. The molecule has 2 aliphatic heterocycles. The number of piperidine rings is 1. The zero-order valence-electron chi connectivity index (χ0n) is 16.6. The Morgan fingerprint density at radius 3 is 2.62 bits per heavy atom. The largest absolute Gasteiger partial charge is 0.490 e. The first-order valence-corrected chi connectivity index (χ1v) is 10.4. The third-order valence-corrected chi connectivity index (χ3v) is 5.79. The van der Waals surface area contributed by atoms with Crippen LogP contribution < -0.4 is 10.6 Å². The Hall–Kier alpha value is -2.67. The van der Waals surface area contributed by atoms with Crippen molar-refractivity contribution in [3.8, 4) is 0 Å². The number of nitrogens with zero attached hydrogens (tertiary/aromatic N) is 1. The fourth-order valence-electron chi connectivity index (χ4n) is 3.73. The molecule has 2 aromatic heterocycles. The van der Waals surface area contributed by atoms with Crippen molar-refractivity contribution in [1.82, 2.24) is 20.6 Å². The van der Waals surface area contributed by atoms with Crippen LogP contribution >= 0.6 is 15.9 Å². The summed E-state index contributed by atoms with van der Waals surface area (Å²) in [5, 5.41) is 14.0. The van der Waals surface area contributed by atoms with Crippen LogP contribution in [0.5, 0.6) is 0 Å². The van der Waals surface area contributed by atoms with Crippen LogP contribution in [0.25, 0.3) is 11.0 Å². The molecule has 2 fully saturated rings. The molecule has 174 valence electrons. The van der Waals surface area contributed by atoms with E-state index in [-0.39, 0.29) is 23.4 Å². The van der Waals surface area contributed by atoms with Gasteiger partial charge in [0.25, 0.3) is 5.91 Å². The van der Waals surface area contributed by atoms with Crippen molar-refractivity contribution in [2.24, 2.45) is 5.41 Å². The SMILES string of the molecule is O=C(NCC1CC2(CCNCC2)C(=O)O1)c1c[nH]c2ncc(Br)cc12.O=C(O)C(F)(F)F. The number of alkyl halides is 3. The number of carbonyl (C=O) groups excluding carboxylic acids is 2. The number of carboxylic acids is 1. The van der Waals surface area contributed by atoms with Crippen LogP contribution in [-0.2, 0) is 14.3 Å². The Labute approximate surface area is 188 Å². The summed E-state index contributed by atoms with van der Waals surface area (Å²) in [6.07, 6.45) is 0.265. The lowest BCUT2D eigenvalue weighted by molar-refractivity contribution is -0.192. The number of esters is 1. The molecule has 4 heterocycles. The first-order valence-electron chi connectivity index (χ1n) is 9.64. The monoisotopic (exact) mass is 520 g/mol. The highest BCUT2D eigenvalue weighted by Gasteiger charge is 2.49. The molecule has 9 nitrogen and oxygen atoms in total. The standard InChI is InChI=1S/C17H19BrN4O3.C2HF3O2/c18-10-5-12-13(9-21-14(12)20-7-10)15(23)22-8-11-6-17(16(24)25-11)1-3-19-4-2-17;3-2(4,5)1(6)7/h5,7,9,11,19H,1-4,6,8H2,(H,20,21)(H,22,23);(H,6,7). The summed E-state index contributed by atoms with van der Waals surface area (Å²) in [6.45, 7) is 2.00. The lowest BCUT2D eigenvalue weighted by Crippen LogP contribution is -2.39. The topological polar surface area (TPSA) is 133 Å². The molecule has 0 aliphatic carbocycles. The zero-order chi connectivity index (χ0) is 23.5. The summed E-state index contributed by atoms with van der Waals surface area (Å²) in [5.74, 6) is -3.07. The number of aliphatic carboxylic acids is 1. The third-order valence-electron chi connectivity index (χ3n) is 5.36. The number of halogens is 4. The van der Waals surface area contributed by atoms with Crippen molar-refractivity contribution < 1.29 is 37.4 Å². The van der Waals surface area contributed by atoms with Gasteiger partial charge in [0, 0.05) is 28.7 Å². The minimum absolute atomic E-state index is 0.117. The van der Waals surface area contributed by atoms with Gasteiger partial charge in [-0.1, -0.05) is 0 Å². The van der Waals surface area contributed by atoms with Crippen molar-refractivity contribution in [1.29, 1.82) is 0 Å². The molecule has 0 saturated carbocycles. The molecule has 1 unspecified atom stereocenters. The summed E-state index contributed by atoms with van der Waals surface area (Å²) >= 11 is 3.37. The number of carbonyl (C=O) groups is 3. The molecule has 2 saturated heterocycles. The predicted molar refractivity (Wildman–Crippen MR) is 109 cm³/mol. The molecule has 2 aliphatic rings. The summed E-state index contributed by atoms with van der Waals surface area (Å²) in [5.41, 5.74) is 0.829. The predicted octanol–water partition coefficient (Wildman–Crippen LogP) is 2.37. The van der Waals surface area contributed by atoms with Crippen LogP contribution in [-0.4, -0.2) is 64.8 Å². The average Bonchev–Trinajstić information content (AvgIpc) is 3.27. The fourth-order valence-corrected chi connectivity index (χ4v) is 4.06. The maximum Gasteiger partial charge on any atom is 0.490 e. The van der Waals surface area contributed by atoms with Crippen molar-refractivity contribution in [3.63, 3.8) is 0 Å². The van der Waals surface area contributed by atoms with Crippen LogP contribution in [0.4, 0.5) is 13.2 Å². The van der Waals surface area contributed by atoms with E-state index in [0.29, 0.717) is 24.2 Å². The second-order valence-corrected chi connectivity index (χ2v) is 8.44. The number of nitrogens with one attached hydrogen (secondary N) is 3. The molecule has 0 radical (unpaired) electrons. The molecule has 2 aromatic rings. The van der Waals surface area contributed by atoms with Gasteiger partial charge in [0.1, 0.15) is 11.8 Å². The number of amides is 1. The summed E-state index contributed by atoms with van der Waals surface area (Å²) in [7, 11) is 0. The van der Waals surface area contributed by atoms with Crippen LogP contribution in [0.3, 0.4) is 0 Å². The number of fused-ring (bicyclic) bond motifs is 1. The third kappa shape index (κ3) is 5.38. The molecular formula is C19H20BrF3N4O5. The Balaban J connectivity index is 0.000000360. The highest BCUT2D eigenvalue weighted by atomic mass is 79.9.